The summed E-state index contributed by atoms with van der Waals surface area (Å²) in [6, 6.07) is 22.1. The SMILES string of the molecule is COc1ccc2cc1OCCCN(Cc1ccc(OCC(=O)N3CCOCC3)cc1)CC(=O)N[C@@H](Cc1ccccc1)C(=O)NCCn1ccnc1-2. The second kappa shape index (κ2) is 18.2. The number of nitrogens with zero attached hydrogens (tertiary/aromatic N) is 4. The number of ether oxygens (including phenoxy) is 4. The summed E-state index contributed by atoms with van der Waals surface area (Å²) in [6.45, 7) is 4.47. The van der Waals surface area contributed by atoms with Gasteiger partial charge in [-0.2, -0.15) is 0 Å². The smallest absolute Gasteiger partial charge is 0.260 e. The summed E-state index contributed by atoms with van der Waals surface area (Å²) in [5.41, 5.74) is 2.77. The lowest BCUT2D eigenvalue weighted by Gasteiger charge is -2.26. The molecule has 1 fully saturated rings. The standard InChI is InChI=1S/C39H46N6O7/c1-49-34-13-10-31-25-35(34)51-21-5-16-43(26-30-8-11-32(12-9-30)52-28-37(47)44-19-22-50-23-20-44)27-36(46)42-33(24-29-6-3-2-4-7-29)39(48)41-15-18-45-17-14-40-38(31)45/h2-4,6-14,17,25,33H,5,15-16,18-24,26-28H2,1H3,(H,41,48)(H,42,46)/t33-/m0/s1. The number of morpholine rings is 1. The molecule has 1 saturated heterocycles. The fourth-order valence-corrected chi connectivity index (χ4v) is 6.29. The fourth-order valence-electron chi connectivity index (χ4n) is 6.29. The van der Waals surface area contributed by atoms with Crippen molar-refractivity contribution in [2.24, 2.45) is 0 Å². The van der Waals surface area contributed by atoms with Crippen LogP contribution in [0.2, 0.25) is 0 Å². The average molecular weight is 711 g/mol. The number of amides is 3. The predicted molar refractivity (Wildman–Crippen MR) is 194 cm³/mol. The van der Waals surface area contributed by atoms with Crippen molar-refractivity contribution in [3.05, 3.63) is 96.3 Å². The van der Waals surface area contributed by atoms with Crippen LogP contribution < -0.4 is 24.8 Å². The van der Waals surface area contributed by atoms with Crippen LogP contribution in [0, 0.1) is 0 Å². The minimum atomic E-state index is -0.762. The molecule has 0 radical (unpaired) electrons. The van der Waals surface area contributed by atoms with Crippen molar-refractivity contribution >= 4 is 17.7 Å². The monoisotopic (exact) mass is 710 g/mol. The molecule has 2 aliphatic rings. The molecule has 2 N–H and O–H groups in total. The number of aromatic nitrogens is 2. The molecular formula is C39H46N6O7. The van der Waals surface area contributed by atoms with Gasteiger partial charge in [-0.25, -0.2) is 4.98 Å². The number of carbonyl (C=O) groups is 3. The predicted octanol–water partition coefficient (Wildman–Crippen LogP) is 2.92. The number of rotatable bonds is 8. The highest BCUT2D eigenvalue weighted by Crippen LogP contribution is 2.32. The number of hydrogen-bond acceptors (Lipinski definition) is 9. The minimum absolute atomic E-state index is 0.0414. The van der Waals surface area contributed by atoms with Gasteiger partial charge in [0.25, 0.3) is 5.91 Å². The summed E-state index contributed by atoms with van der Waals surface area (Å²) in [4.78, 5) is 48.1. The molecule has 6 rings (SSSR count). The summed E-state index contributed by atoms with van der Waals surface area (Å²) < 4.78 is 24.9. The first kappa shape index (κ1) is 36.4. The van der Waals surface area contributed by atoms with E-state index >= 15 is 0 Å². The highest BCUT2D eigenvalue weighted by Gasteiger charge is 2.23. The van der Waals surface area contributed by atoms with Gasteiger partial charge in [-0.3, -0.25) is 19.3 Å². The zero-order valence-corrected chi connectivity index (χ0v) is 29.5. The Morgan fingerprint density at radius 2 is 1.75 bits per heavy atom. The molecule has 13 nitrogen and oxygen atoms in total. The van der Waals surface area contributed by atoms with Crippen LogP contribution >= 0.6 is 0 Å². The first-order valence-corrected chi connectivity index (χ1v) is 17.7. The van der Waals surface area contributed by atoms with E-state index in [4.69, 9.17) is 18.9 Å². The van der Waals surface area contributed by atoms with E-state index in [9.17, 15) is 14.4 Å². The lowest BCUT2D eigenvalue weighted by atomic mass is 10.1. The molecule has 0 saturated carbocycles. The van der Waals surface area contributed by atoms with Gasteiger partial charge in [0, 0.05) is 63.6 Å². The maximum absolute atomic E-state index is 13.6. The van der Waals surface area contributed by atoms with Crippen LogP contribution in [-0.2, 0) is 38.6 Å². The van der Waals surface area contributed by atoms with Crippen molar-refractivity contribution in [3.8, 4) is 28.6 Å². The van der Waals surface area contributed by atoms with Crippen LogP contribution in [0.5, 0.6) is 17.2 Å². The van der Waals surface area contributed by atoms with Gasteiger partial charge in [-0.05, 0) is 47.9 Å². The van der Waals surface area contributed by atoms with E-state index in [0.717, 1.165) is 22.5 Å². The molecule has 0 aliphatic carbocycles. The second-order valence-electron chi connectivity index (χ2n) is 12.7. The largest absolute Gasteiger partial charge is 0.493 e. The molecule has 2 bridgehead atoms. The first-order chi connectivity index (χ1) is 25.4. The Morgan fingerprint density at radius 3 is 2.54 bits per heavy atom. The van der Waals surface area contributed by atoms with E-state index in [1.807, 2.05) is 88.5 Å². The van der Waals surface area contributed by atoms with Gasteiger partial charge in [0.05, 0.1) is 33.5 Å². The van der Waals surface area contributed by atoms with Crippen molar-refractivity contribution in [1.82, 2.24) is 30.0 Å². The molecule has 274 valence electrons. The highest BCUT2D eigenvalue weighted by molar-refractivity contribution is 5.88. The third-order valence-corrected chi connectivity index (χ3v) is 9.02. The zero-order valence-electron chi connectivity index (χ0n) is 29.5. The molecule has 0 spiro atoms. The van der Waals surface area contributed by atoms with Gasteiger partial charge in [0.1, 0.15) is 17.6 Å². The summed E-state index contributed by atoms with van der Waals surface area (Å²) in [6.07, 6.45) is 4.57. The van der Waals surface area contributed by atoms with Gasteiger partial charge in [0.15, 0.2) is 18.1 Å². The van der Waals surface area contributed by atoms with E-state index in [1.54, 1.807) is 18.2 Å². The van der Waals surface area contributed by atoms with Crippen molar-refractivity contribution in [2.45, 2.75) is 32.0 Å². The molecule has 0 unspecified atom stereocenters. The van der Waals surface area contributed by atoms with E-state index in [-0.39, 0.29) is 30.9 Å². The number of nitrogens with one attached hydrogen (secondary N) is 2. The molecule has 1 aromatic heterocycles. The maximum atomic E-state index is 13.6. The quantitative estimate of drug-likeness (QED) is 0.283. The number of fused-ring (bicyclic) bond motifs is 4. The third kappa shape index (κ3) is 10.1. The fraction of sp³-hybridized carbons (Fsp3) is 0.385. The van der Waals surface area contributed by atoms with Gasteiger partial charge < -0.3 is 39.0 Å². The topological polar surface area (TPSA) is 136 Å². The van der Waals surface area contributed by atoms with Crippen LogP contribution in [-0.4, -0.2) is 109 Å². The van der Waals surface area contributed by atoms with Gasteiger partial charge in [0.2, 0.25) is 11.8 Å². The normalized spacial score (nSPS) is 17.8. The Kier molecular flexibility index (Phi) is 12.7. The third-order valence-electron chi connectivity index (χ3n) is 9.02. The Hall–Kier alpha value is -5.40. The van der Waals surface area contributed by atoms with Crippen LogP contribution in [0.1, 0.15) is 17.5 Å². The number of carbonyl (C=O) groups excluding carboxylic acids is 3. The molecule has 3 amide bonds. The lowest BCUT2D eigenvalue weighted by molar-refractivity contribution is -0.137. The van der Waals surface area contributed by atoms with E-state index < -0.39 is 6.04 Å². The van der Waals surface area contributed by atoms with E-state index in [1.165, 1.54) is 0 Å². The number of imidazole rings is 1. The molecule has 1 atom stereocenters. The summed E-state index contributed by atoms with van der Waals surface area (Å²) in [7, 11) is 1.60. The molecule has 3 heterocycles. The second-order valence-corrected chi connectivity index (χ2v) is 12.7. The van der Waals surface area contributed by atoms with Gasteiger partial charge in [-0.1, -0.05) is 42.5 Å². The highest BCUT2D eigenvalue weighted by atomic mass is 16.5. The van der Waals surface area contributed by atoms with E-state index in [0.29, 0.717) is 89.2 Å². The summed E-state index contributed by atoms with van der Waals surface area (Å²) in [5.74, 6) is 1.95. The molecule has 13 heteroatoms. The van der Waals surface area contributed by atoms with Gasteiger partial charge in [-0.15, -0.1) is 0 Å². The Labute approximate surface area is 303 Å². The average Bonchev–Trinajstić information content (AvgIpc) is 3.64. The van der Waals surface area contributed by atoms with Crippen LogP contribution in [0.4, 0.5) is 0 Å². The summed E-state index contributed by atoms with van der Waals surface area (Å²) >= 11 is 0. The Morgan fingerprint density at radius 1 is 0.942 bits per heavy atom. The van der Waals surface area contributed by atoms with Crippen molar-refractivity contribution in [1.29, 1.82) is 0 Å². The lowest BCUT2D eigenvalue weighted by Crippen LogP contribution is -2.51. The van der Waals surface area contributed by atoms with E-state index in [2.05, 4.69) is 15.6 Å². The van der Waals surface area contributed by atoms with Crippen LogP contribution in [0.15, 0.2) is 85.2 Å². The maximum Gasteiger partial charge on any atom is 0.260 e. The Bertz CT molecular complexity index is 1780. The zero-order chi connectivity index (χ0) is 36.1. The van der Waals surface area contributed by atoms with Gasteiger partial charge >= 0.3 is 0 Å². The molecule has 52 heavy (non-hydrogen) atoms. The number of benzene rings is 3. The number of methoxy groups -OCH3 is 1. The summed E-state index contributed by atoms with van der Waals surface area (Å²) in [5, 5.41) is 6.03. The molecule has 4 aromatic rings. The molecular weight excluding hydrogens is 664 g/mol. The molecule has 2 aliphatic heterocycles. The Balaban J connectivity index is 1.17. The molecule has 3 aromatic carbocycles. The number of hydrogen-bond donors (Lipinski definition) is 2. The van der Waals surface area contributed by atoms with Crippen molar-refractivity contribution in [3.63, 3.8) is 0 Å². The minimum Gasteiger partial charge on any atom is -0.493 e. The van der Waals surface area contributed by atoms with Crippen LogP contribution in [0.3, 0.4) is 0 Å². The first-order valence-electron chi connectivity index (χ1n) is 17.7. The van der Waals surface area contributed by atoms with Crippen molar-refractivity contribution < 1.29 is 33.3 Å². The van der Waals surface area contributed by atoms with Crippen LogP contribution in [0.25, 0.3) is 11.4 Å². The van der Waals surface area contributed by atoms with Crippen molar-refractivity contribution in [2.75, 3.05) is 66.3 Å².